The molecule has 8 heteroatoms. The minimum absolute atomic E-state index is 0.107. The Hall–Kier alpha value is -2.84. The van der Waals surface area contributed by atoms with Crippen LogP contribution in [0.3, 0.4) is 0 Å². The number of nitrogens with zero attached hydrogens (tertiary/aromatic N) is 3. The lowest BCUT2D eigenvalue weighted by Gasteiger charge is -2.34. The van der Waals surface area contributed by atoms with E-state index >= 15 is 0 Å². The highest BCUT2D eigenvalue weighted by Gasteiger charge is 2.21. The van der Waals surface area contributed by atoms with Crippen molar-refractivity contribution in [3.8, 4) is 11.5 Å². The molecule has 32 heavy (non-hydrogen) atoms. The van der Waals surface area contributed by atoms with Crippen molar-refractivity contribution in [3.05, 3.63) is 47.0 Å². The number of hydrogen-bond acceptors (Lipinski definition) is 7. The number of carbonyl (C=O) groups excluding carboxylic acids is 1. The van der Waals surface area contributed by atoms with Crippen molar-refractivity contribution >= 4 is 32.6 Å². The van der Waals surface area contributed by atoms with Crippen LogP contribution in [0.5, 0.6) is 11.5 Å². The van der Waals surface area contributed by atoms with Gasteiger partial charge in [-0.25, -0.2) is 4.98 Å². The third-order valence-corrected chi connectivity index (χ3v) is 7.18. The van der Waals surface area contributed by atoms with Crippen molar-refractivity contribution in [3.63, 3.8) is 0 Å². The number of aryl methyl sites for hydroxylation is 2. The fourth-order valence-corrected chi connectivity index (χ4v) is 5.12. The predicted octanol–water partition coefficient (Wildman–Crippen LogP) is 3.48. The van der Waals surface area contributed by atoms with Gasteiger partial charge >= 0.3 is 0 Å². The normalized spacial score (nSPS) is 14.6. The number of methoxy groups -OCH3 is 2. The second-order valence-corrected chi connectivity index (χ2v) is 9.01. The summed E-state index contributed by atoms with van der Waals surface area (Å²) in [7, 11) is 3.14. The minimum Gasteiger partial charge on any atom is -0.493 e. The molecule has 0 radical (unpaired) electrons. The van der Waals surface area contributed by atoms with Crippen LogP contribution in [0.4, 0.5) is 5.13 Å². The number of benzene rings is 2. The van der Waals surface area contributed by atoms with E-state index in [2.05, 4.69) is 41.1 Å². The number of piperazine rings is 1. The third kappa shape index (κ3) is 4.66. The van der Waals surface area contributed by atoms with Crippen LogP contribution in [-0.2, 0) is 0 Å². The number of hydrogen-bond donors (Lipinski definition) is 1. The summed E-state index contributed by atoms with van der Waals surface area (Å²) in [5.74, 6) is 1.06. The van der Waals surface area contributed by atoms with Crippen molar-refractivity contribution in [2.45, 2.75) is 13.8 Å². The predicted molar refractivity (Wildman–Crippen MR) is 130 cm³/mol. The highest BCUT2D eigenvalue weighted by atomic mass is 32.1. The van der Waals surface area contributed by atoms with Gasteiger partial charge in [0.1, 0.15) is 0 Å². The average Bonchev–Trinajstić information content (AvgIpc) is 3.28. The zero-order chi connectivity index (χ0) is 22.7. The van der Waals surface area contributed by atoms with Gasteiger partial charge in [0.15, 0.2) is 16.6 Å². The Labute approximate surface area is 192 Å². The zero-order valence-corrected chi connectivity index (χ0v) is 19.9. The van der Waals surface area contributed by atoms with E-state index in [9.17, 15) is 4.79 Å². The van der Waals surface area contributed by atoms with Crippen LogP contribution in [0.1, 0.15) is 21.5 Å². The second kappa shape index (κ2) is 9.75. The van der Waals surface area contributed by atoms with Crippen LogP contribution in [0.2, 0.25) is 0 Å². The van der Waals surface area contributed by atoms with Gasteiger partial charge in [-0.05, 0) is 43.2 Å². The topological polar surface area (TPSA) is 66.9 Å². The van der Waals surface area contributed by atoms with Crippen molar-refractivity contribution < 1.29 is 14.3 Å². The van der Waals surface area contributed by atoms with Gasteiger partial charge in [0, 0.05) is 44.8 Å². The largest absolute Gasteiger partial charge is 0.493 e. The molecule has 0 spiro atoms. The highest BCUT2D eigenvalue weighted by molar-refractivity contribution is 7.22. The Morgan fingerprint density at radius 3 is 2.44 bits per heavy atom. The molecule has 1 aliphatic heterocycles. The molecule has 7 nitrogen and oxygen atoms in total. The summed E-state index contributed by atoms with van der Waals surface area (Å²) in [4.78, 5) is 22.2. The van der Waals surface area contributed by atoms with Crippen LogP contribution in [0.15, 0.2) is 30.3 Å². The van der Waals surface area contributed by atoms with Gasteiger partial charge in [-0.1, -0.05) is 23.5 Å². The summed E-state index contributed by atoms with van der Waals surface area (Å²) in [6.07, 6.45) is 0. The van der Waals surface area contributed by atoms with E-state index in [0.717, 1.165) is 43.4 Å². The number of aromatic nitrogens is 1. The SMILES string of the molecule is COc1ccc(C(=O)NCCN2CCN(c3nc4c(C)ccc(C)c4s3)CC2)cc1OC. The first-order valence-electron chi connectivity index (χ1n) is 10.8. The minimum atomic E-state index is -0.107. The monoisotopic (exact) mass is 454 g/mol. The van der Waals surface area contributed by atoms with Crippen molar-refractivity contribution in [1.82, 2.24) is 15.2 Å². The summed E-state index contributed by atoms with van der Waals surface area (Å²) < 4.78 is 11.8. The van der Waals surface area contributed by atoms with Gasteiger partial charge in [0.25, 0.3) is 5.91 Å². The van der Waals surface area contributed by atoms with Gasteiger partial charge < -0.3 is 19.7 Å². The Balaban J connectivity index is 1.27. The lowest BCUT2D eigenvalue weighted by molar-refractivity contribution is 0.0947. The van der Waals surface area contributed by atoms with Crippen molar-refractivity contribution in [1.29, 1.82) is 0 Å². The summed E-state index contributed by atoms with van der Waals surface area (Å²) in [5.41, 5.74) is 4.22. The summed E-state index contributed by atoms with van der Waals surface area (Å²) in [6.45, 7) is 9.51. The highest BCUT2D eigenvalue weighted by Crippen LogP contribution is 2.33. The Morgan fingerprint density at radius 1 is 1.03 bits per heavy atom. The van der Waals surface area contributed by atoms with Crippen LogP contribution >= 0.6 is 11.3 Å². The number of amides is 1. The van der Waals surface area contributed by atoms with Gasteiger partial charge in [0.2, 0.25) is 0 Å². The third-order valence-electron chi connectivity index (χ3n) is 5.93. The second-order valence-electron chi connectivity index (χ2n) is 8.03. The maximum Gasteiger partial charge on any atom is 0.251 e. The van der Waals surface area contributed by atoms with E-state index in [-0.39, 0.29) is 5.91 Å². The number of ether oxygens (including phenoxy) is 2. The molecule has 1 fully saturated rings. The standard InChI is InChI=1S/C24H30N4O3S/c1-16-5-6-17(2)22-21(16)26-24(32-22)28-13-11-27(12-14-28)10-9-25-23(29)18-7-8-19(30-3)20(15-18)31-4/h5-8,15H,9-14H2,1-4H3,(H,25,29). The number of anilines is 1. The van der Waals surface area contributed by atoms with Gasteiger partial charge in [-0.3, -0.25) is 9.69 Å². The van der Waals surface area contributed by atoms with Gasteiger partial charge in [-0.15, -0.1) is 0 Å². The van der Waals surface area contributed by atoms with E-state index in [0.29, 0.717) is 23.6 Å². The Morgan fingerprint density at radius 2 is 1.75 bits per heavy atom. The number of fused-ring (bicyclic) bond motifs is 1. The molecule has 1 aromatic heterocycles. The van der Waals surface area contributed by atoms with Gasteiger partial charge in [-0.2, -0.15) is 0 Å². The van der Waals surface area contributed by atoms with E-state index in [4.69, 9.17) is 14.5 Å². The molecular weight excluding hydrogens is 424 g/mol. The fourth-order valence-electron chi connectivity index (χ4n) is 3.95. The van der Waals surface area contributed by atoms with E-state index in [1.807, 2.05) is 0 Å². The molecule has 2 heterocycles. The van der Waals surface area contributed by atoms with E-state index < -0.39 is 0 Å². The summed E-state index contributed by atoms with van der Waals surface area (Å²) in [5, 5.41) is 4.12. The smallest absolute Gasteiger partial charge is 0.251 e. The molecule has 1 aliphatic rings. The van der Waals surface area contributed by atoms with Crippen molar-refractivity contribution in [2.75, 3.05) is 58.4 Å². The lowest BCUT2D eigenvalue weighted by Crippen LogP contribution is -2.48. The molecule has 0 unspecified atom stereocenters. The average molecular weight is 455 g/mol. The van der Waals surface area contributed by atoms with Crippen molar-refractivity contribution in [2.24, 2.45) is 0 Å². The maximum absolute atomic E-state index is 12.5. The summed E-state index contributed by atoms with van der Waals surface area (Å²) >= 11 is 1.79. The maximum atomic E-state index is 12.5. The number of carbonyl (C=O) groups is 1. The molecule has 0 aliphatic carbocycles. The van der Waals surface area contributed by atoms with Crippen LogP contribution in [-0.4, -0.2) is 69.3 Å². The first-order valence-corrected chi connectivity index (χ1v) is 11.7. The van der Waals surface area contributed by atoms with Crippen LogP contribution in [0, 0.1) is 13.8 Å². The molecule has 0 bridgehead atoms. The first kappa shape index (κ1) is 22.4. The molecule has 3 aromatic rings. The molecule has 4 rings (SSSR count). The van der Waals surface area contributed by atoms with E-state index in [1.54, 1.807) is 43.8 Å². The zero-order valence-electron chi connectivity index (χ0n) is 19.1. The Kier molecular flexibility index (Phi) is 6.81. The first-order chi connectivity index (χ1) is 15.5. The Bertz CT molecular complexity index is 1070. The number of thiazole rings is 1. The fraction of sp³-hybridized carbons (Fsp3) is 0.417. The molecule has 1 saturated heterocycles. The lowest BCUT2D eigenvalue weighted by atomic mass is 10.1. The molecule has 1 N–H and O–H groups in total. The molecular formula is C24H30N4O3S. The van der Waals surface area contributed by atoms with Gasteiger partial charge in [0.05, 0.1) is 24.4 Å². The van der Waals surface area contributed by atoms with Crippen LogP contribution in [0.25, 0.3) is 10.2 Å². The molecule has 2 aromatic carbocycles. The number of nitrogens with one attached hydrogen (secondary N) is 1. The molecule has 1 amide bonds. The number of rotatable bonds is 7. The van der Waals surface area contributed by atoms with Crippen LogP contribution < -0.4 is 19.7 Å². The molecule has 0 saturated carbocycles. The van der Waals surface area contributed by atoms with E-state index in [1.165, 1.54) is 15.8 Å². The molecule has 0 atom stereocenters. The molecule has 170 valence electrons. The quantitative estimate of drug-likeness (QED) is 0.590. The summed E-state index contributed by atoms with van der Waals surface area (Å²) in [6, 6.07) is 9.52.